The molecule has 0 aromatic heterocycles. The summed E-state index contributed by atoms with van der Waals surface area (Å²) >= 11 is 0. The van der Waals surface area contributed by atoms with Crippen LogP contribution in [0.4, 0.5) is 0 Å². The van der Waals surface area contributed by atoms with Crippen molar-refractivity contribution in [1.29, 1.82) is 0 Å². The molecule has 152 valence electrons. The maximum atomic E-state index is 5.74. The number of nitrogens with zero attached hydrogens (tertiary/aromatic N) is 2. The fourth-order valence-electron chi connectivity index (χ4n) is 3.53. The van der Waals surface area contributed by atoms with Crippen LogP contribution >= 0.6 is 0 Å². The van der Waals surface area contributed by atoms with E-state index in [1.165, 1.54) is 51.7 Å². The van der Waals surface area contributed by atoms with Gasteiger partial charge in [-0.15, -0.1) is 0 Å². The third-order valence-electron chi connectivity index (χ3n) is 5.08. The van der Waals surface area contributed by atoms with Gasteiger partial charge in [-0.05, 0) is 58.7 Å². The minimum Gasteiger partial charge on any atom is -0.381 e. The summed E-state index contributed by atoms with van der Waals surface area (Å²) in [5.74, 6) is 1.54. The lowest BCUT2D eigenvalue weighted by molar-refractivity contribution is 0.0893. The molecule has 0 aromatic rings. The number of nitrogens with one attached hydrogen (secondary N) is 2. The second-order valence-corrected chi connectivity index (χ2v) is 7.45. The fraction of sp³-hybridized carbons (Fsp3) is 0.950. The fourth-order valence-corrected chi connectivity index (χ4v) is 3.53. The third-order valence-corrected chi connectivity index (χ3v) is 5.08. The van der Waals surface area contributed by atoms with Gasteiger partial charge < -0.3 is 25.0 Å². The molecular weight excluding hydrogens is 328 g/mol. The normalized spacial score (nSPS) is 22.3. The first-order chi connectivity index (χ1) is 12.9. The van der Waals surface area contributed by atoms with E-state index in [2.05, 4.69) is 27.4 Å². The quantitative estimate of drug-likeness (QED) is 0.333. The molecule has 0 saturated carbocycles. The zero-order chi connectivity index (χ0) is 18.3. The highest BCUT2D eigenvalue weighted by Crippen LogP contribution is 2.12. The topological polar surface area (TPSA) is 58.1 Å². The molecule has 0 spiro atoms. The molecular formula is C20H40N4O2. The zero-order valence-corrected chi connectivity index (χ0v) is 16.8. The van der Waals surface area contributed by atoms with Crippen LogP contribution in [-0.2, 0) is 9.47 Å². The van der Waals surface area contributed by atoms with Crippen LogP contribution in [0.2, 0.25) is 0 Å². The van der Waals surface area contributed by atoms with E-state index in [-0.39, 0.29) is 0 Å². The number of hydrogen-bond acceptors (Lipinski definition) is 4. The van der Waals surface area contributed by atoms with Crippen LogP contribution in [0.5, 0.6) is 0 Å². The largest absolute Gasteiger partial charge is 0.381 e. The summed E-state index contributed by atoms with van der Waals surface area (Å²) in [6.45, 7) is 11.9. The third kappa shape index (κ3) is 9.74. The van der Waals surface area contributed by atoms with Crippen molar-refractivity contribution in [2.24, 2.45) is 10.9 Å². The monoisotopic (exact) mass is 368 g/mol. The first-order valence-electron chi connectivity index (χ1n) is 10.8. The van der Waals surface area contributed by atoms with Gasteiger partial charge in [-0.1, -0.05) is 12.8 Å². The summed E-state index contributed by atoms with van der Waals surface area (Å²) in [7, 11) is 0. The van der Waals surface area contributed by atoms with Gasteiger partial charge in [0.2, 0.25) is 0 Å². The van der Waals surface area contributed by atoms with Gasteiger partial charge in [0.05, 0.1) is 13.2 Å². The van der Waals surface area contributed by atoms with Crippen LogP contribution in [-0.4, -0.2) is 76.6 Å². The van der Waals surface area contributed by atoms with E-state index in [0.29, 0.717) is 5.92 Å². The predicted molar refractivity (Wildman–Crippen MR) is 108 cm³/mol. The Morgan fingerprint density at radius 3 is 2.73 bits per heavy atom. The number of ether oxygens (including phenoxy) is 2. The second-order valence-electron chi connectivity index (χ2n) is 7.45. The maximum Gasteiger partial charge on any atom is 0.191 e. The lowest BCUT2D eigenvalue weighted by Crippen LogP contribution is -2.39. The van der Waals surface area contributed by atoms with E-state index >= 15 is 0 Å². The lowest BCUT2D eigenvalue weighted by atomic mass is 10.1. The van der Waals surface area contributed by atoms with Gasteiger partial charge in [-0.2, -0.15) is 0 Å². The first-order valence-corrected chi connectivity index (χ1v) is 10.8. The van der Waals surface area contributed by atoms with Crippen molar-refractivity contribution in [3.8, 4) is 0 Å². The van der Waals surface area contributed by atoms with E-state index in [1.807, 2.05) is 0 Å². The molecule has 0 bridgehead atoms. The van der Waals surface area contributed by atoms with Crippen LogP contribution in [0.1, 0.15) is 51.9 Å². The number of guanidine groups is 1. The standard InChI is InChI=1S/C20H40N4O2/c1-2-21-20(22-10-7-14-24-12-5-3-4-6-13-24)23-11-8-15-25-17-19-9-16-26-18-19/h19H,2-18H2,1H3,(H2,21,22,23). The van der Waals surface area contributed by atoms with Crippen LogP contribution in [0.3, 0.4) is 0 Å². The van der Waals surface area contributed by atoms with Crippen LogP contribution in [0.25, 0.3) is 0 Å². The van der Waals surface area contributed by atoms with E-state index in [9.17, 15) is 0 Å². The average molecular weight is 369 g/mol. The van der Waals surface area contributed by atoms with Gasteiger partial charge >= 0.3 is 0 Å². The highest BCUT2D eigenvalue weighted by atomic mass is 16.5. The highest BCUT2D eigenvalue weighted by Gasteiger charge is 2.15. The molecule has 2 heterocycles. The zero-order valence-electron chi connectivity index (χ0n) is 16.8. The van der Waals surface area contributed by atoms with Crippen molar-refractivity contribution in [2.75, 3.05) is 65.7 Å². The number of hydrogen-bond donors (Lipinski definition) is 2. The molecule has 0 amide bonds. The molecule has 2 fully saturated rings. The number of rotatable bonds is 11. The van der Waals surface area contributed by atoms with Gasteiger partial charge in [-0.3, -0.25) is 4.99 Å². The predicted octanol–water partition coefficient (Wildman–Crippen LogP) is 2.25. The first kappa shape index (κ1) is 21.5. The summed E-state index contributed by atoms with van der Waals surface area (Å²) in [4.78, 5) is 7.27. The van der Waals surface area contributed by atoms with Crippen molar-refractivity contribution in [3.63, 3.8) is 0 Å². The Labute approximate surface area is 160 Å². The average Bonchev–Trinajstić information content (AvgIpc) is 3.03. The smallest absolute Gasteiger partial charge is 0.191 e. The molecule has 0 aliphatic carbocycles. The van der Waals surface area contributed by atoms with Gasteiger partial charge in [0.1, 0.15) is 0 Å². The number of aliphatic imine (C=N–C) groups is 1. The Balaban J connectivity index is 1.50. The Morgan fingerprint density at radius 1 is 1.15 bits per heavy atom. The molecule has 0 aromatic carbocycles. The minimum absolute atomic E-state index is 0.599. The van der Waals surface area contributed by atoms with E-state index in [4.69, 9.17) is 9.47 Å². The lowest BCUT2D eigenvalue weighted by Gasteiger charge is -2.20. The number of likely N-dealkylation sites (tertiary alicyclic amines) is 1. The molecule has 2 rings (SSSR count). The van der Waals surface area contributed by atoms with Crippen molar-refractivity contribution >= 4 is 5.96 Å². The van der Waals surface area contributed by atoms with Gasteiger partial charge in [0.25, 0.3) is 0 Å². The molecule has 1 unspecified atom stereocenters. The molecule has 2 aliphatic heterocycles. The van der Waals surface area contributed by atoms with Crippen LogP contribution < -0.4 is 10.6 Å². The van der Waals surface area contributed by atoms with Crippen LogP contribution in [0, 0.1) is 5.92 Å². The van der Waals surface area contributed by atoms with E-state index in [0.717, 1.165) is 64.9 Å². The van der Waals surface area contributed by atoms with Gasteiger partial charge in [-0.25, -0.2) is 0 Å². The van der Waals surface area contributed by atoms with Crippen molar-refractivity contribution in [1.82, 2.24) is 15.5 Å². The minimum atomic E-state index is 0.599. The van der Waals surface area contributed by atoms with Crippen molar-refractivity contribution in [2.45, 2.75) is 51.9 Å². The van der Waals surface area contributed by atoms with Crippen molar-refractivity contribution < 1.29 is 9.47 Å². The van der Waals surface area contributed by atoms with Gasteiger partial charge in [0.15, 0.2) is 5.96 Å². The Kier molecular flexibility index (Phi) is 11.7. The molecule has 6 nitrogen and oxygen atoms in total. The van der Waals surface area contributed by atoms with Gasteiger partial charge in [0, 0.05) is 38.8 Å². The Morgan fingerprint density at radius 2 is 2.00 bits per heavy atom. The van der Waals surface area contributed by atoms with Crippen LogP contribution in [0.15, 0.2) is 4.99 Å². The molecule has 0 radical (unpaired) electrons. The Bertz CT molecular complexity index is 365. The highest BCUT2D eigenvalue weighted by molar-refractivity contribution is 5.79. The van der Waals surface area contributed by atoms with E-state index in [1.54, 1.807) is 0 Å². The molecule has 2 N–H and O–H groups in total. The molecule has 2 saturated heterocycles. The van der Waals surface area contributed by atoms with Crippen molar-refractivity contribution in [3.05, 3.63) is 0 Å². The summed E-state index contributed by atoms with van der Waals surface area (Å²) < 4.78 is 11.1. The summed E-state index contributed by atoms with van der Waals surface area (Å²) in [6.07, 6.45) is 8.84. The summed E-state index contributed by atoms with van der Waals surface area (Å²) in [5.41, 5.74) is 0. The molecule has 1 atom stereocenters. The summed E-state index contributed by atoms with van der Waals surface area (Å²) in [5, 5.41) is 6.80. The maximum absolute atomic E-state index is 5.74. The SMILES string of the molecule is CCNC(=NCCCOCC1CCOC1)NCCCN1CCCCCC1. The second kappa shape index (κ2) is 14.2. The van der Waals surface area contributed by atoms with E-state index < -0.39 is 0 Å². The molecule has 26 heavy (non-hydrogen) atoms. The summed E-state index contributed by atoms with van der Waals surface area (Å²) in [6, 6.07) is 0. The molecule has 6 heteroatoms. The molecule has 2 aliphatic rings. The Hall–Kier alpha value is -0.850.